The zero-order valence-corrected chi connectivity index (χ0v) is 27.0. The van der Waals surface area contributed by atoms with Gasteiger partial charge in [-0.1, -0.05) is 127 Å². The number of nitrogens with one attached hydrogen (secondary N) is 1. The number of hydrogen-bond donors (Lipinski definition) is 1. The molecule has 0 spiro atoms. The molecule has 1 aliphatic heterocycles. The van der Waals surface area contributed by atoms with Crippen molar-refractivity contribution in [3.8, 4) is 0 Å². The Morgan fingerprint density at radius 3 is 1.84 bits per heavy atom. The van der Waals surface area contributed by atoms with E-state index in [0.717, 1.165) is 24.1 Å². The van der Waals surface area contributed by atoms with Gasteiger partial charge in [0.05, 0.1) is 22.4 Å². The van der Waals surface area contributed by atoms with Gasteiger partial charge in [0.1, 0.15) is 10.1 Å². The zero-order chi connectivity index (χ0) is 25.6. The minimum absolute atomic E-state index is 0. The maximum absolute atomic E-state index is 12.0. The van der Waals surface area contributed by atoms with E-state index in [1.165, 1.54) is 89.5 Å². The number of benzene rings is 2. The van der Waals surface area contributed by atoms with Crippen molar-refractivity contribution in [3.63, 3.8) is 0 Å². The summed E-state index contributed by atoms with van der Waals surface area (Å²) in [7, 11) is -4.56. The van der Waals surface area contributed by atoms with Gasteiger partial charge in [0.25, 0.3) is 0 Å². The van der Waals surface area contributed by atoms with Crippen LogP contribution in [0, 0.1) is 0 Å². The van der Waals surface area contributed by atoms with E-state index in [9.17, 15) is 13.0 Å². The Hall–Kier alpha value is -0.414. The fourth-order valence-corrected chi connectivity index (χ4v) is 5.99. The first-order valence-electron chi connectivity index (χ1n) is 14.2. The standard InChI is InChI=1S/C30H46N2O3S.K/c1-2-3-4-5-6-7-8-9-10-11-12-13-14-18-24-29-31-27-22-19-23-28(36(33,34)35)30(27)32(29)25-26-20-16-15-17-21-26;/h15-17,19-23,29,31H,2-14,18,24-25H2,1H3,(H,33,34,35);/q;+1/p-1. The first kappa shape index (κ1) is 32.8. The third-order valence-corrected chi connectivity index (χ3v) is 8.15. The second-order valence-electron chi connectivity index (χ2n) is 10.3. The predicted octanol–water partition coefficient (Wildman–Crippen LogP) is 5.22. The summed E-state index contributed by atoms with van der Waals surface area (Å²) >= 11 is 0. The summed E-state index contributed by atoms with van der Waals surface area (Å²) in [5.74, 6) is 0. The van der Waals surface area contributed by atoms with Crippen LogP contribution in [0.4, 0.5) is 11.4 Å². The minimum atomic E-state index is -4.56. The molecule has 0 aliphatic carbocycles. The van der Waals surface area contributed by atoms with Crippen molar-refractivity contribution in [3.05, 3.63) is 54.1 Å². The Morgan fingerprint density at radius 1 is 0.757 bits per heavy atom. The minimum Gasteiger partial charge on any atom is -0.744 e. The fourth-order valence-electron chi connectivity index (χ4n) is 5.28. The van der Waals surface area contributed by atoms with E-state index in [1.807, 2.05) is 36.4 Å². The molecular formula is C30H45KN2O3S. The number of unbranched alkanes of at least 4 members (excludes halogenated alkanes) is 13. The summed E-state index contributed by atoms with van der Waals surface area (Å²) in [4.78, 5) is 1.93. The van der Waals surface area contributed by atoms with Crippen molar-refractivity contribution in [1.29, 1.82) is 0 Å². The van der Waals surface area contributed by atoms with E-state index in [2.05, 4.69) is 17.1 Å². The van der Waals surface area contributed by atoms with Crippen LogP contribution in [0.1, 0.15) is 109 Å². The van der Waals surface area contributed by atoms with Gasteiger partial charge in [-0.3, -0.25) is 0 Å². The van der Waals surface area contributed by atoms with E-state index in [-0.39, 0.29) is 62.4 Å². The zero-order valence-electron chi connectivity index (χ0n) is 23.1. The average Bonchev–Trinajstić information content (AvgIpc) is 3.21. The molecule has 7 heteroatoms. The summed E-state index contributed by atoms with van der Waals surface area (Å²) in [6, 6.07) is 15.0. The SMILES string of the molecule is CCCCCCCCCCCCCCCCC1Nc2cccc(S(=O)(=O)[O-])c2N1Cc1ccccc1.[K+]. The fraction of sp³-hybridized carbons (Fsp3) is 0.600. The maximum Gasteiger partial charge on any atom is 1.00 e. The molecule has 0 saturated carbocycles. The van der Waals surface area contributed by atoms with Crippen molar-refractivity contribution < 1.29 is 64.4 Å². The van der Waals surface area contributed by atoms with Gasteiger partial charge in [-0.15, -0.1) is 0 Å². The van der Waals surface area contributed by atoms with E-state index in [0.29, 0.717) is 12.2 Å². The number of anilines is 2. The molecule has 1 N–H and O–H groups in total. The summed E-state index contributed by atoms with van der Waals surface area (Å²) in [5, 5.41) is 3.49. The number of para-hydroxylation sites is 1. The molecule has 0 saturated heterocycles. The van der Waals surface area contributed by atoms with Crippen LogP contribution in [-0.2, 0) is 16.7 Å². The molecule has 1 heterocycles. The van der Waals surface area contributed by atoms with Gasteiger partial charge in [0, 0.05) is 6.54 Å². The Balaban J connectivity index is 0.00000481. The largest absolute Gasteiger partial charge is 1.00 e. The molecule has 1 atom stereocenters. The Kier molecular flexibility index (Phi) is 16.0. The molecular weight excluding hydrogens is 508 g/mol. The number of rotatable bonds is 18. The van der Waals surface area contributed by atoms with Crippen LogP contribution in [0.5, 0.6) is 0 Å². The van der Waals surface area contributed by atoms with Gasteiger partial charge in [-0.05, 0) is 30.5 Å². The quantitative estimate of drug-likeness (QED) is 0.156. The third kappa shape index (κ3) is 11.3. The van der Waals surface area contributed by atoms with Crippen molar-refractivity contribution in [2.75, 3.05) is 10.2 Å². The molecule has 0 fully saturated rings. The van der Waals surface area contributed by atoms with E-state index >= 15 is 0 Å². The summed E-state index contributed by atoms with van der Waals surface area (Å²) in [6.45, 7) is 2.84. The topological polar surface area (TPSA) is 72.5 Å². The molecule has 0 radical (unpaired) electrons. The van der Waals surface area contributed by atoms with Crippen molar-refractivity contribution in [2.45, 2.75) is 121 Å². The van der Waals surface area contributed by atoms with Gasteiger partial charge in [0.2, 0.25) is 0 Å². The van der Waals surface area contributed by atoms with Crippen molar-refractivity contribution in [2.24, 2.45) is 0 Å². The van der Waals surface area contributed by atoms with Crippen LogP contribution < -0.4 is 61.6 Å². The van der Waals surface area contributed by atoms with Crippen LogP contribution in [0.25, 0.3) is 0 Å². The maximum atomic E-state index is 12.0. The second-order valence-corrected chi connectivity index (χ2v) is 11.6. The number of fused-ring (bicyclic) bond motifs is 1. The predicted molar refractivity (Wildman–Crippen MR) is 149 cm³/mol. The molecule has 0 amide bonds. The van der Waals surface area contributed by atoms with Gasteiger partial charge < -0.3 is 14.8 Å². The normalized spacial score (nSPS) is 14.8. The molecule has 37 heavy (non-hydrogen) atoms. The smallest absolute Gasteiger partial charge is 0.744 e. The second kappa shape index (κ2) is 18.0. The molecule has 5 nitrogen and oxygen atoms in total. The van der Waals surface area contributed by atoms with Gasteiger partial charge in [-0.25, -0.2) is 8.42 Å². The van der Waals surface area contributed by atoms with Crippen molar-refractivity contribution >= 4 is 21.5 Å². The third-order valence-electron chi connectivity index (χ3n) is 7.28. The van der Waals surface area contributed by atoms with Crippen LogP contribution in [-0.4, -0.2) is 19.1 Å². The van der Waals surface area contributed by atoms with Crippen LogP contribution >= 0.6 is 0 Å². The van der Waals surface area contributed by atoms with Crippen LogP contribution in [0.3, 0.4) is 0 Å². The van der Waals surface area contributed by atoms with E-state index < -0.39 is 10.1 Å². The summed E-state index contributed by atoms with van der Waals surface area (Å²) in [6.07, 6.45) is 19.5. The first-order chi connectivity index (χ1) is 17.5. The van der Waals surface area contributed by atoms with Crippen molar-refractivity contribution in [1.82, 2.24) is 0 Å². The molecule has 2 aromatic rings. The summed E-state index contributed by atoms with van der Waals surface area (Å²) in [5.41, 5.74) is 2.35. The van der Waals surface area contributed by atoms with Gasteiger partial charge in [-0.2, -0.15) is 0 Å². The Labute approximate surface area is 268 Å². The first-order valence-corrected chi connectivity index (χ1v) is 15.6. The monoisotopic (exact) mass is 552 g/mol. The molecule has 3 rings (SSSR count). The molecule has 0 bridgehead atoms. The Morgan fingerprint density at radius 2 is 1.30 bits per heavy atom. The Bertz CT molecular complexity index is 1000. The van der Waals surface area contributed by atoms with Crippen LogP contribution in [0.2, 0.25) is 0 Å². The van der Waals surface area contributed by atoms with Crippen LogP contribution in [0.15, 0.2) is 53.4 Å². The average molecular weight is 553 g/mol. The molecule has 1 unspecified atom stereocenters. The number of hydrogen-bond acceptors (Lipinski definition) is 5. The van der Waals surface area contributed by atoms with E-state index in [1.54, 1.807) is 6.07 Å². The molecule has 2 aromatic carbocycles. The molecule has 0 aromatic heterocycles. The molecule has 200 valence electrons. The molecule has 1 aliphatic rings. The summed E-state index contributed by atoms with van der Waals surface area (Å²) < 4.78 is 36.0. The van der Waals surface area contributed by atoms with E-state index in [4.69, 9.17) is 0 Å². The number of nitrogens with zero attached hydrogens (tertiary/aromatic N) is 1. The van der Waals surface area contributed by atoms with Gasteiger partial charge >= 0.3 is 51.4 Å². The van der Waals surface area contributed by atoms with Gasteiger partial charge in [0.15, 0.2) is 0 Å².